The summed E-state index contributed by atoms with van der Waals surface area (Å²) in [5.41, 5.74) is 2.53. The van der Waals surface area contributed by atoms with E-state index in [4.69, 9.17) is 9.15 Å². The lowest BCUT2D eigenvalue weighted by Crippen LogP contribution is -2.15. The molecule has 3 aromatic heterocycles. The van der Waals surface area contributed by atoms with Crippen LogP contribution in [0.25, 0.3) is 22.5 Å². The van der Waals surface area contributed by atoms with Gasteiger partial charge in [0.15, 0.2) is 11.4 Å². The van der Waals surface area contributed by atoms with Gasteiger partial charge in [-0.2, -0.15) is 5.10 Å². The Kier molecular flexibility index (Phi) is 3.59. The van der Waals surface area contributed by atoms with Crippen molar-refractivity contribution in [2.75, 3.05) is 0 Å². The third-order valence-electron chi connectivity index (χ3n) is 4.54. The molecular weight excluding hydrogens is 306 g/mol. The maximum Gasteiger partial charge on any atom is 0.339 e. The zero-order chi connectivity index (χ0) is 16.7. The Hall–Kier alpha value is -2.63. The molecule has 0 amide bonds. The van der Waals surface area contributed by atoms with E-state index in [0.29, 0.717) is 22.7 Å². The smallest absolute Gasteiger partial charge is 0.339 e. The Morgan fingerprint density at radius 1 is 1.38 bits per heavy atom. The van der Waals surface area contributed by atoms with Gasteiger partial charge in [0.25, 0.3) is 0 Å². The number of hydrogen-bond donors (Lipinski definition) is 0. The average Bonchev–Trinajstić information content (AvgIpc) is 3.30. The molecule has 6 heteroatoms. The van der Waals surface area contributed by atoms with Gasteiger partial charge in [-0.15, -0.1) is 0 Å². The molecule has 0 radical (unpaired) electrons. The summed E-state index contributed by atoms with van der Waals surface area (Å²) in [6, 6.07) is 5.36. The molecule has 24 heavy (non-hydrogen) atoms. The third-order valence-corrected chi connectivity index (χ3v) is 4.54. The van der Waals surface area contributed by atoms with E-state index in [1.54, 1.807) is 23.1 Å². The second-order valence-corrected chi connectivity index (χ2v) is 6.25. The first-order valence-corrected chi connectivity index (χ1v) is 8.22. The Bertz CT molecular complexity index is 890. The summed E-state index contributed by atoms with van der Waals surface area (Å²) in [4.78, 5) is 17.4. The van der Waals surface area contributed by atoms with E-state index >= 15 is 0 Å². The highest BCUT2D eigenvalue weighted by Crippen LogP contribution is 2.29. The first kappa shape index (κ1) is 14.9. The zero-order valence-electron chi connectivity index (χ0n) is 13.8. The molecule has 1 saturated carbocycles. The molecule has 4 rings (SSSR count). The highest BCUT2D eigenvalue weighted by atomic mass is 16.5. The Morgan fingerprint density at radius 3 is 2.88 bits per heavy atom. The van der Waals surface area contributed by atoms with E-state index in [1.165, 1.54) is 0 Å². The number of fused-ring (bicyclic) bond motifs is 1. The topological polar surface area (TPSA) is 70.2 Å². The molecule has 1 aliphatic carbocycles. The van der Waals surface area contributed by atoms with Gasteiger partial charge in [0.1, 0.15) is 11.8 Å². The van der Waals surface area contributed by atoms with E-state index in [-0.39, 0.29) is 12.1 Å². The molecule has 1 fully saturated rings. The summed E-state index contributed by atoms with van der Waals surface area (Å²) in [5, 5.41) is 5.15. The van der Waals surface area contributed by atoms with Gasteiger partial charge >= 0.3 is 5.97 Å². The van der Waals surface area contributed by atoms with Crippen LogP contribution in [0, 0.1) is 6.92 Å². The van der Waals surface area contributed by atoms with Crippen molar-refractivity contribution in [1.29, 1.82) is 0 Å². The number of carbonyl (C=O) groups is 1. The van der Waals surface area contributed by atoms with Gasteiger partial charge in [0, 0.05) is 7.05 Å². The van der Waals surface area contributed by atoms with E-state index in [1.807, 2.05) is 20.0 Å². The second kappa shape index (κ2) is 5.78. The SMILES string of the molecule is Cc1nn(C)c2nc(-c3ccco3)cc(C(=O)OC3CCCC3)c12. The largest absolute Gasteiger partial charge is 0.463 e. The molecule has 0 bridgehead atoms. The maximum absolute atomic E-state index is 12.8. The first-order valence-electron chi connectivity index (χ1n) is 8.22. The molecule has 3 aromatic rings. The third kappa shape index (κ3) is 2.48. The van der Waals surface area contributed by atoms with Crippen LogP contribution in [0.1, 0.15) is 41.7 Å². The molecule has 0 unspecified atom stereocenters. The molecule has 3 heterocycles. The van der Waals surface area contributed by atoms with Gasteiger partial charge < -0.3 is 9.15 Å². The summed E-state index contributed by atoms with van der Waals surface area (Å²) in [7, 11) is 1.82. The lowest BCUT2D eigenvalue weighted by Gasteiger charge is -2.12. The molecule has 1 aliphatic rings. The molecule has 124 valence electrons. The number of pyridine rings is 1. The van der Waals surface area contributed by atoms with Crippen molar-refractivity contribution >= 4 is 17.0 Å². The average molecular weight is 325 g/mol. The highest BCUT2D eigenvalue weighted by molar-refractivity contribution is 6.04. The van der Waals surface area contributed by atoms with Crippen LogP contribution in [0.15, 0.2) is 28.9 Å². The summed E-state index contributed by atoms with van der Waals surface area (Å²) >= 11 is 0. The van der Waals surface area contributed by atoms with E-state index in [9.17, 15) is 4.79 Å². The van der Waals surface area contributed by atoms with Crippen LogP contribution in [-0.2, 0) is 11.8 Å². The van der Waals surface area contributed by atoms with Crippen molar-refractivity contribution in [2.45, 2.75) is 38.7 Å². The van der Waals surface area contributed by atoms with Crippen molar-refractivity contribution in [1.82, 2.24) is 14.8 Å². The lowest BCUT2D eigenvalue weighted by atomic mass is 10.1. The van der Waals surface area contributed by atoms with Crippen LogP contribution in [0.4, 0.5) is 0 Å². The summed E-state index contributed by atoms with van der Waals surface area (Å²) < 4.78 is 12.8. The summed E-state index contributed by atoms with van der Waals surface area (Å²) in [5.74, 6) is 0.309. The van der Waals surface area contributed by atoms with Crippen molar-refractivity contribution < 1.29 is 13.9 Å². The van der Waals surface area contributed by atoms with Gasteiger partial charge in [-0.05, 0) is 50.8 Å². The number of aromatic nitrogens is 3. The molecule has 0 atom stereocenters. The number of esters is 1. The molecule has 0 N–H and O–H groups in total. The Labute approximate surface area is 139 Å². The zero-order valence-corrected chi connectivity index (χ0v) is 13.8. The number of hydrogen-bond acceptors (Lipinski definition) is 5. The number of aryl methyl sites for hydroxylation is 2. The van der Waals surface area contributed by atoms with Crippen LogP contribution in [0.5, 0.6) is 0 Å². The van der Waals surface area contributed by atoms with Gasteiger partial charge in [0.2, 0.25) is 0 Å². The number of nitrogens with zero attached hydrogens (tertiary/aromatic N) is 3. The van der Waals surface area contributed by atoms with Crippen LogP contribution in [-0.4, -0.2) is 26.8 Å². The molecule has 0 saturated heterocycles. The number of carbonyl (C=O) groups excluding carboxylic acids is 1. The van der Waals surface area contributed by atoms with Gasteiger partial charge in [0.05, 0.1) is 22.9 Å². The van der Waals surface area contributed by atoms with E-state index in [0.717, 1.165) is 36.8 Å². The molecular formula is C18H19N3O3. The molecule has 0 spiro atoms. The quantitative estimate of drug-likeness (QED) is 0.688. The van der Waals surface area contributed by atoms with Crippen LogP contribution >= 0.6 is 0 Å². The van der Waals surface area contributed by atoms with Crippen LogP contribution in [0.2, 0.25) is 0 Å². The minimum absolute atomic E-state index is 0.0183. The predicted molar refractivity (Wildman–Crippen MR) is 88.6 cm³/mol. The second-order valence-electron chi connectivity index (χ2n) is 6.25. The normalized spacial score (nSPS) is 15.2. The van der Waals surface area contributed by atoms with E-state index < -0.39 is 0 Å². The monoisotopic (exact) mass is 325 g/mol. The van der Waals surface area contributed by atoms with Crippen molar-refractivity contribution in [2.24, 2.45) is 7.05 Å². The highest BCUT2D eigenvalue weighted by Gasteiger charge is 2.25. The minimum atomic E-state index is -0.307. The minimum Gasteiger partial charge on any atom is -0.463 e. The standard InChI is InChI=1S/C18H19N3O3/c1-11-16-13(18(22)24-12-6-3-4-7-12)10-14(15-8-5-9-23-15)19-17(16)21(2)20-11/h5,8-10,12H,3-4,6-7H2,1-2H3. The Balaban J connectivity index is 1.83. The molecule has 0 aromatic carbocycles. The Morgan fingerprint density at radius 2 is 2.17 bits per heavy atom. The first-order chi connectivity index (χ1) is 11.6. The molecule has 0 aliphatic heterocycles. The van der Waals surface area contributed by atoms with Crippen LogP contribution < -0.4 is 0 Å². The van der Waals surface area contributed by atoms with Crippen LogP contribution in [0.3, 0.4) is 0 Å². The van der Waals surface area contributed by atoms with Crippen molar-refractivity contribution in [3.05, 3.63) is 35.7 Å². The number of rotatable bonds is 3. The summed E-state index contributed by atoms with van der Waals surface area (Å²) in [6.45, 7) is 1.88. The van der Waals surface area contributed by atoms with Crippen molar-refractivity contribution in [3.63, 3.8) is 0 Å². The van der Waals surface area contributed by atoms with Gasteiger partial charge in [-0.25, -0.2) is 9.78 Å². The predicted octanol–water partition coefficient (Wildman–Crippen LogP) is 3.64. The number of furan rings is 1. The summed E-state index contributed by atoms with van der Waals surface area (Å²) in [6.07, 6.45) is 5.73. The fourth-order valence-corrected chi connectivity index (χ4v) is 3.38. The maximum atomic E-state index is 12.8. The fraction of sp³-hybridized carbons (Fsp3) is 0.389. The molecule has 6 nitrogen and oxygen atoms in total. The van der Waals surface area contributed by atoms with Gasteiger partial charge in [-0.3, -0.25) is 4.68 Å². The number of ether oxygens (including phenoxy) is 1. The van der Waals surface area contributed by atoms with E-state index in [2.05, 4.69) is 10.1 Å². The lowest BCUT2D eigenvalue weighted by molar-refractivity contribution is 0.0320. The van der Waals surface area contributed by atoms with Crippen molar-refractivity contribution in [3.8, 4) is 11.5 Å². The van der Waals surface area contributed by atoms with Gasteiger partial charge in [-0.1, -0.05) is 0 Å². The fourth-order valence-electron chi connectivity index (χ4n) is 3.38.